The third-order valence-electron chi connectivity index (χ3n) is 3.81. The van der Waals surface area contributed by atoms with Crippen LogP contribution in [0.25, 0.3) is 22.4 Å². The van der Waals surface area contributed by atoms with Crippen molar-refractivity contribution in [1.82, 2.24) is 4.98 Å². The van der Waals surface area contributed by atoms with Crippen LogP contribution in [0.4, 0.5) is 0 Å². The molecule has 2 heteroatoms. The summed E-state index contributed by atoms with van der Waals surface area (Å²) in [7, 11) is 0. The molecule has 2 aromatic carbocycles. The fourth-order valence-electron chi connectivity index (χ4n) is 2.47. The van der Waals surface area contributed by atoms with E-state index in [2.05, 4.69) is 80.4 Å². The van der Waals surface area contributed by atoms with Gasteiger partial charge in [-0.25, -0.2) is 0 Å². The molecule has 0 N–H and O–H groups in total. The number of aromatic nitrogens is 1. The van der Waals surface area contributed by atoms with Crippen molar-refractivity contribution in [3.05, 3.63) is 78.5 Å². The predicted molar refractivity (Wildman–Crippen MR) is 92.6 cm³/mol. The van der Waals surface area contributed by atoms with Gasteiger partial charge >= 0.3 is 0 Å². The van der Waals surface area contributed by atoms with Crippen LogP contribution in [0.2, 0.25) is 0 Å². The standard InChI is InChI=1S/C21H20N.Ir/c1-21(2,3)19-12-13-22-20(15-19)18-11-7-10-17(14-18)16-8-5-4-6-9-16;/h4-10,12-15H,1-3H3;/q-1;. The summed E-state index contributed by atoms with van der Waals surface area (Å²) in [6.07, 6.45) is 1.89. The minimum Gasteiger partial charge on any atom is -0.305 e. The summed E-state index contributed by atoms with van der Waals surface area (Å²) in [5.74, 6) is 0. The van der Waals surface area contributed by atoms with Crippen molar-refractivity contribution in [3.8, 4) is 22.4 Å². The van der Waals surface area contributed by atoms with E-state index in [1.807, 2.05) is 18.3 Å². The van der Waals surface area contributed by atoms with Crippen molar-refractivity contribution in [2.24, 2.45) is 0 Å². The smallest absolute Gasteiger partial charge is 0.0163 e. The molecule has 1 radical (unpaired) electrons. The first-order valence-electron chi connectivity index (χ1n) is 7.58. The summed E-state index contributed by atoms with van der Waals surface area (Å²) in [6, 6.07) is 24.2. The topological polar surface area (TPSA) is 12.9 Å². The number of hydrogen-bond acceptors (Lipinski definition) is 1. The second-order valence-electron chi connectivity index (χ2n) is 6.54. The molecule has 0 spiro atoms. The van der Waals surface area contributed by atoms with Gasteiger partial charge in [0.15, 0.2) is 0 Å². The van der Waals surface area contributed by atoms with E-state index in [1.54, 1.807) is 0 Å². The minimum absolute atomic E-state index is 0. The molecule has 119 valence electrons. The van der Waals surface area contributed by atoms with E-state index in [-0.39, 0.29) is 25.5 Å². The molecule has 0 saturated carbocycles. The number of benzene rings is 2. The van der Waals surface area contributed by atoms with Crippen molar-refractivity contribution >= 4 is 0 Å². The molecular formula is C21H20IrN-. The third-order valence-corrected chi connectivity index (χ3v) is 3.81. The fourth-order valence-corrected chi connectivity index (χ4v) is 2.47. The Kier molecular flexibility index (Phi) is 5.51. The molecule has 23 heavy (non-hydrogen) atoms. The summed E-state index contributed by atoms with van der Waals surface area (Å²) in [6.45, 7) is 6.66. The molecule has 1 aromatic heterocycles. The molecule has 1 nitrogen and oxygen atoms in total. The minimum atomic E-state index is 0. The number of rotatable bonds is 2. The first kappa shape index (κ1) is 17.6. The Morgan fingerprint density at radius 2 is 1.61 bits per heavy atom. The largest absolute Gasteiger partial charge is 0.305 e. The van der Waals surface area contributed by atoms with Crippen LogP contribution in [-0.2, 0) is 25.5 Å². The monoisotopic (exact) mass is 479 g/mol. The molecular weight excluding hydrogens is 458 g/mol. The second kappa shape index (κ2) is 7.21. The predicted octanol–water partition coefficient (Wildman–Crippen LogP) is 5.51. The maximum absolute atomic E-state index is 4.53. The van der Waals surface area contributed by atoms with Gasteiger partial charge in [-0.05, 0) is 28.3 Å². The van der Waals surface area contributed by atoms with Gasteiger partial charge in [0.2, 0.25) is 0 Å². The fraction of sp³-hybridized carbons (Fsp3) is 0.190. The van der Waals surface area contributed by atoms with Crippen molar-refractivity contribution in [2.45, 2.75) is 26.2 Å². The SMILES string of the molecule is CC(C)(C)c1ccnc(-c2[c-]ccc(-c3ccccc3)c2)c1.[Ir]. The van der Waals surface area contributed by atoms with E-state index in [1.165, 1.54) is 16.7 Å². The first-order chi connectivity index (χ1) is 10.5. The van der Waals surface area contributed by atoms with Crippen molar-refractivity contribution in [1.29, 1.82) is 0 Å². The zero-order chi connectivity index (χ0) is 15.6. The normalized spacial score (nSPS) is 10.9. The first-order valence-corrected chi connectivity index (χ1v) is 7.58. The van der Waals surface area contributed by atoms with Crippen molar-refractivity contribution in [2.75, 3.05) is 0 Å². The summed E-state index contributed by atoms with van der Waals surface area (Å²) < 4.78 is 0. The molecule has 0 aliphatic carbocycles. The Balaban J connectivity index is 0.00000192. The average molecular weight is 479 g/mol. The second-order valence-corrected chi connectivity index (χ2v) is 6.54. The Labute approximate surface area is 152 Å². The van der Waals surface area contributed by atoms with Gasteiger partial charge in [0.25, 0.3) is 0 Å². The quantitative estimate of drug-likeness (QED) is 0.443. The molecule has 0 aliphatic heterocycles. The Hall–Kier alpha value is -1.76. The Morgan fingerprint density at radius 3 is 2.30 bits per heavy atom. The van der Waals surface area contributed by atoms with Gasteiger partial charge in [-0.1, -0.05) is 57.2 Å². The van der Waals surface area contributed by atoms with Crippen LogP contribution in [-0.4, -0.2) is 4.98 Å². The zero-order valence-electron chi connectivity index (χ0n) is 13.6. The maximum atomic E-state index is 4.53. The van der Waals surface area contributed by atoms with Crippen LogP contribution < -0.4 is 0 Å². The molecule has 1 heterocycles. The number of hydrogen-bond donors (Lipinski definition) is 0. The molecule has 0 saturated heterocycles. The van der Waals surface area contributed by atoms with E-state index in [9.17, 15) is 0 Å². The van der Waals surface area contributed by atoms with Crippen molar-refractivity contribution in [3.63, 3.8) is 0 Å². The molecule has 3 aromatic rings. The summed E-state index contributed by atoms with van der Waals surface area (Å²) >= 11 is 0. The van der Waals surface area contributed by atoms with Gasteiger partial charge in [-0.3, -0.25) is 0 Å². The molecule has 0 aliphatic rings. The van der Waals surface area contributed by atoms with Crippen LogP contribution in [0.1, 0.15) is 26.3 Å². The number of pyridine rings is 1. The summed E-state index contributed by atoms with van der Waals surface area (Å²) in [4.78, 5) is 4.53. The third kappa shape index (κ3) is 4.16. The van der Waals surface area contributed by atoms with E-state index >= 15 is 0 Å². The van der Waals surface area contributed by atoms with Crippen LogP contribution in [0.15, 0.2) is 66.9 Å². The van der Waals surface area contributed by atoms with Gasteiger partial charge in [0.1, 0.15) is 0 Å². The van der Waals surface area contributed by atoms with Gasteiger partial charge in [0, 0.05) is 26.3 Å². The van der Waals surface area contributed by atoms with E-state index < -0.39 is 0 Å². The van der Waals surface area contributed by atoms with E-state index in [4.69, 9.17) is 0 Å². The van der Waals surface area contributed by atoms with Gasteiger partial charge in [-0.15, -0.1) is 35.4 Å². The van der Waals surface area contributed by atoms with Crippen LogP contribution in [0.3, 0.4) is 0 Å². The van der Waals surface area contributed by atoms with E-state index in [0.29, 0.717) is 0 Å². The van der Waals surface area contributed by atoms with Gasteiger partial charge in [0.05, 0.1) is 0 Å². The van der Waals surface area contributed by atoms with Crippen molar-refractivity contribution < 1.29 is 20.1 Å². The zero-order valence-corrected chi connectivity index (χ0v) is 16.0. The molecule has 0 bridgehead atoms. The van der Waals surface area contributed by atoms with E-state index in [0.717, 1.165) is 11.3 Å². The number of nitrogens with zero attached hydrogens (tertiary/aromatic N) is 1. The Morgan fingerprint density at radius 1 is 0.870 bits per heavy atom. The van der Waals surface area contributed by atoms with Gasteiger partial charge < -0.3 is 4.98 Å². The van der Waals surface area contributed by atoms with Gasteiger partial charge in [-0.2, -0.15) is 0 Å². The molecule has 0 unspecified atom stereocenters. The molecule has 0 fully saturated rings. The van der Waals surface area contributed by atoms with Crippen LogP contribution in [0, 0.1) is 6.07 Å². The van der Waals surface area contributed by atoms with Crippen LogP contribution in [0.5, 0.6) is 0 Å². The van der Waals surface area contributed by atoms with Crippen LogP contribution >= 0.6 is 0 Å². The molecule has 3 rings (SSSR count). The average Bonchev–Trinajstić information content (AvgIpc) is 2.55. The molecule has 0 atom stereocenters. The molecule has 0 amide bonds. The summed E-state index contributed by atoms with van der Waals surface area (Å²) in [5.41, 5.74) is 5.82. The maximum Gasteiger partial charge on any atom is 0.0163 e. The Bertz CT molecular complexity index is 773. The summed E-state index contributed by atoms with van der Waals surface area (Å²) in [5, 5.41) is 0.